The third-order valence-corrected chi connectivity index (χ3v) is 8.01. The molecule has 0 saturated heterocycles. The van der Waals surface area contributed by atoms with E-state index in [2.05, 4.69) is 84.9 Å². The van der Waals surface area contributed by atoms with E-state index in [0.29, 0.717) is 0 Å². The molecule has 0 fully saturated rings. The fourth-order valence-corrected chi connectivity index (χ4v) is 6.12. The van der Waals surface area contributed by atoms with E-state index in [9.17, 15) is 0 Å². The van der Waals surface area contributed by atoms with Crippen LogP contribution < -0.4 is 14.2 Å². The van der Waals surface area contributed by atoms with Gasteiger partial charge in [0.1, 0.15) is 17.2 Å². The summed E-state index contributed by atoms with van der Waals surface area (Å²) in [5, 5.41) is 2.37. The molecule has 0 spiro atoms. The number of methoxy groups -OCH3 is 2. The van der Waals surface area contributed by atoms with Crippen LogP contribution in [0.4, 0.5) is 0 Å². The molecule has 0 radical (unpaired) electrons. The zero-order valence-electron chi connectivity index (χ0n) is 21.5. The van der Waals surface area contributed by atoms with Crippen molar-refractivity contribution in [1.29, 1.82) is 0 Å². The molecule has 1 atom stereocenters. The first-order valence-corrected chi connectivity index (χ1v) is 13.0. The van der Waals surface area contributed by atoms with E-state index >= 15 is 0 Å². The minimum atomic E-state index is -0.759. The number of benzene rings is 5. The van der Waals surface area contributed by atoms with E-state index in [4.69, 9.17) is 14.2 Å². The van der Waals surface area contributed by atoms with Crippen LogP contribution in [0.15, 0.2) is 103 Å². The van der Waals surface area contributed by atoms with Crippen molar-refractivity contribution < 1.29 is 14.2 Å². The van der Waals surface area contributed by atoms with E-state index in [0.717, 1.165) is 46.8 Å². The number of ether oxygens (including phenoxy) is 3. The predicted octanol–water partition coefficient (Wildman–Crippen LogP) is 7.97. The Morgan fingerprint density at radius 2 is 1.39 bits per heavy atom. The van der Waals surface area contributed by atoms with Gasteiger partial charge in [-0.1, -0.05) is 66.7 Å². The summed E-state index contributed by atoms with van der Waals surface area (Å²) in [5.41, 5.74) is 7.69. The van der Waals surface area contributed by atoms with Crippen LogP contribution in [0.3, 0.4) is 0 Å². The van der Waals surface area contributed by atoms with Crippen molar-refractivity contribution >= 4 is 16.8 Å². The van der Waals surface area contributed by atoms with Crippen LogP contribution in [-0.4, -0.2) is 14.2 Å². The number of aryl methyl sites for hydroxylation is 1. The molecule has 38 heavy (non-hydrogen) atoms. The van der Waals surface area contributed by atoms with Gasteiger partial charge in [0.15, 0.2) is 5.60 Å². The maximum atomic E-state index is 7.28. The number of hydrogen-bond acceptors (Lipinski definition) is 3. The Kier molecular flexibility index (Phi) is 5.26. The van der Waals surface area contributed by atoms with Gasteiger partial charge in [-0.05, 0) is 82.8 Å². The molecule has 1 aliphatic carbocycles. The summed E-state index contributed by atoms with van der Waals surface area (Å²) in [7, 11) is 3.42. The van der Waals surface area contributed by atoms with Crippen LogP contribution in [-0.2, 0) is 18.4 Å². The minimum absolute atomic E-state index is 0.759. The van der Waals surface area contributed by atoms with Crippen molar-refractivity contribution in [2.45, 2.75) is 18.4 Å². The number of fused-ring (bicyclic) bond motifs is 8. The van der Waals surface area contributed by atoms with E-state index < -0.39 is 5.60 Å². The molecule has 5 aromatic rings. The van der Waals surface area contributed by atoms with Crippen molar-refractivity contribution in [3.63, 3.8) is 0 Å². The SMILES string of the molecule is COc1ccc(C2(c3ccccc3)C=Cc3c(c4c(c5cc(OC)ccc35)-c3ccccc3CC4)O2)cc1. The van der Waals surface area contributed by atoms with E-state index in [1.54, 1.807) is 14.2 Å². The maximum Gasteiger partial charge on any atom is 0.178 e. The maximum absolute atomic E-state index is 7.28. The minimum Gasteiger partial charge on any atom is -0.497 e. The summed E-state index contributed by atoms with van der Waals surface area (Å²) >= 11 is 0. The zero-order chi connectivity index (χ0) is 25.7. The van der Waals surface area contributed by atoms with Crippen LogP contribution in [0.1, 0.15) is 27.8 Å². The normalized spacial score (nSPS) is 17.2. The average molecular weight is 497 g/mol. The lowest BCUT2D eigenvalue weighted by molar-refractivity contribution is 0.159. The highest BCUT2D eigenvalue weighted by molar-refractivity contribution is 6.07. The van der Waals surface area contributed by atoms with Gasteiger partial charge < -0.3 is 14.2 Å². The summed E-state index contributed by atoms with van der Waals surface area (Å²) in [6.07, 6.45) is 6.37. The topological polar surface area (TPSA) is 27.7 Å². The van der Waals surface area contributed by atoms with Gasteiger partial charge in [-0.2, -0.15) is 0 Å². The molecule has 7 rings (SSSR count). The number of rotatable bonds is 4. The molecule has 0 amide bonds. The van der Waals surface area contributed by atoms with Gasteiger partial charge in [0, 0.05) is 22.3 Å². The van der Waals surface area contributed by atoms with Gasteiger partial charge in [-0.15, -0.1) is 0 Å². The smallest absolute Gasteiger partial charge is 0.178 e. The molecule has 1 unspecified atom stereocenters. The fraction of sp³-hybridized carbons (Fsp3) is 0.143. The molecule has 0 N–H and O–H groups in total. The lowest BCUT2D eigenvalue weighted by Gasteiger charge is -2.39. The summed E-state index contributed by atoms with van der Waals surface area (Å²) in [6, 6.07) is 33.8. The summed E-state index contributed by atoms with van der Waals surface area (Å²) in [5.74, 6) is 2.65. The molecule has 1 heterocycles. The molecule has 0 saturated carbocycles. The third-order valence-electron chi connectivity index (χ3n) is 8.01. The lowest BCUT2D eigenvalue weighted by Crippen LogP contribution is -2.35. The van der Waals surface area contributed by atoms with Crippen LogP contribution in [0.2, 0.25) is 0 Å². The Labute approximate surface area is 222 Å². The summed E-state index contributed by atoms with van der Waals surface area (Å²) < 4.78 is 18.4. The van der Waals surface area contributed by atoms with Gasteiger partial charge in [0.05, 0.1) is 14.2 Å². The Bertz CT molecular complexity index is 1700. The first-order valence-electron chi connectivity index (χ1n) is 13.0. The van der Waals surface area contributed by atoms with Gasteiger partial charge in [-0.3, -0.25) is 0 Å². The van der Waals surface area contributed by atoms with Crippen molar-refractivity contribution in [1.82, 2.24) is 0 Å². The molecule has 1 aliphatic heterocycles. The van der Waals surface area contributed by atoms with Crippen molar-refractivity contribution in [2.24, 2.45) is 0 Å². The quantitative estimate of drug-likeness (QED) is 0.252. The largest absolute Gasteiger partial charge is 0.497 e. The Morgan fingerprint density at radius 1 is 0.684 bits per heavy atom. The highest BCUT2D eigenvalue weighted by atomic mass is 16.5. The Morgan fingerprint density at radius 3 is 2.18 bits per heavy atom. The van der Waals surface area contributed by atoms with Crippen molar-refractivity contribution in [3.8, 4) is 28.4 Å². The van der Waals surface area contributed by atoms with Crippen molar-refractivity contribution in [3.05, 3.63) is 131 Å². The second-order valence-electron chi connectivity index (χ2n) is 9.93. The molecule has 3 nitrogen and oxygen atoms in total. The highest BCUT2D eigenvalue weighted by Gasteiger charge is 2.39. The molecule has 0 aromatic heterocycles. The second kappa shape index (κ2) is 8.81. The molecule has 5 aromatic carbocycles. The summed E-state index contributed by atoms with van der Waals surface area (Å²) in [4.78, 5) is 0. The monoisotopic (exact) mass is 496 g/mol. The van der Waals surface area contributed by atoms with Gasteiger partial charge >= 0.3 is 0 Å². The highest BCUT2D eigenvalue weighted by Crippen LogP contribution is 2.52. The van der Waals surface area contributed by atoms with Crippen LogP contribution in [0.5, 0.6) is 17.2 Å². The summed E-state index contributed by atoms with van der Waals surface area (Å²) in [6.45, 7) is 0. The molecular weight excluding hydrogens is 468 g/mol. The standard InChI is InChI=1S/C35H28O3/c1-36-26-15-13-25(14-16-26)35(24-9-4-3-5-10-24)21-20-30-29-19-17-27(37-2)22-32(29)33-28-11-7-6-8-23(28)12-18-31(33)34(30)38-35/h3-11,13-17,19-22H,12,18H2,1-2H3. The number of hydrogen-bond donors (Lipinski definition) is 0. The van der Waals surface area contributed by atoms with E-state index in [1.807, 2.05) is 24.3 Å². The van der Waals surface area contributed by atoms with Gasteiger partial charge in [0.25, 0.3) is 0 Å². The molecular formula is C35H28O3. The Balaban J connectivity index is 1.53. The fourth-order valence-electron chi connectivity index (χ4n) is 6.12. The molecule has 0 bridgehead atoms. The first kappa shape index (κ1) is 22.7. The molecule has 2 aliphatic rings. The van der Waals surface area contributed by atoms with E-state index in [1.165, 1.54) is 33.0 Å². The molecule has 186 valence electrons. The van der Waals surface area contributed by atoms with Crippen LogP contribution in [0.25, 0.3) is 28.0 Å². The first-order chi connectivity index (χ1) is 18.7. The zero-order valence-corrected chi connectivity index (χ0v) is 21.5. The van der Waals surface area contributed by atoms with Crippen LogP contribution in [0, 0.1) is 0 Å². The average Bonchev–Trinajstić information content (AvgIpc) is 3.00. The second-order valence-corrected chi connectivity index (χ2v) is 9.93. The van der Waals surface area contributed by atoms with Crippen molar-refractivity contribution in [2.75, 3.05) is 14.2 Å². The van der Waals surface area contributed by atoms with Gasteiger partial charge in [-0.25, -0.2) is 0 Å². The predicted molar refractivity (Wildman–Crippen MR) is 153 cm³/mol. The van der Waals surface area contributed by atoms with Gasteiger partial charge in [0.2, 0.25) is 0 Å². The Hall–Kier alpha value is -4.50. The van der Waals surface area contributed by atoms with E-state index in [-0.39, 0.29) is 0 Å². The lowest BCUT2D eigenvalue weighted by atomic mass is 9.78. The van der Waals surface area contributed by atoms with Crippen LogP contribution >= 0.6 is 0 Å². The molecule has 3 heteroatoms. The third kappa shape index (κ3) is 3.35.